The molecule has 0 saturated carbocycles. The number of hydrogen-bond acceptors (Lipinski definition) is 3. The molecule has 1 unspecified atom stereocenters. The maximum atomic E-state index is 5.78. The molecule has 1 fully saturated rings. The lowest BCUT2D eigenvalue weighted by Gasteiger charge is -2.23. The van der Waals surface area contributed by atoms with Crippen LogP contribution < -0.4 is 10.5 Å². The third-order valence-corrected chi connectivity index (χ3v) is 3.39. The highest BCUT2D eigenvalue weighted by Gasteiger charge is 2.22. The molecule has 0 amide bonds. The highest BCUT2D eigenvalue weighted by Crippen LogP contribution is 2.20. The van der Waals surface area contributed by atoms with Crippen molar-refractivity contribution in [2.45, 2.75) is 32.4 Å². The van der Waals surface area contributed by atoms with Gasteiger partial charge in [0.1, 0.15) is 5.75 Å². The fourth-order valence-electron chi connectivity index (χ4n) is 2.46. The molecule has 1 aliphatic heterocycles. The van der Waals surface area contributed by atoms with Crippen LogP contribution in [0.3, 0.4) is 0 Å². The highest BCUT2D eigenvalue weighted by molar-refractivity contribution is 5.85. The van der Waals surface area contributed by atoms with Crippen LogP contribution in [-0.4, -0.2) is 30.6 Å². The van der Waals surface area contributed by atoms with Crippen LogP contribution in [-0.2, 0) is 6.54 Å². The van der Waals surface area contributed by atoms with E-state index in [4.69, 9.17) is 10.5 Å². The van der Waals surface area contributed by atoms with E-state index < -0.39 is 0 Å². The van der Waals surface area contributed by atoms with E-state index in [0.717, 1.165) is 25.4 Å². The maximum absolute atomic E-state index is 5.78. The lowest BCUT2D eigenvalue weighted by molar-refractivity contribution is 0.250. The molecule has 102 valence electrons. The minimum atomic E-state index is 0. The number of rotatable bonds is 5. The van der Waals surface area contributed by atoms with Crippen molar-refractivity contribution in [2.75, 3.05) is 19.7 Å². The number of benzene rings is 1. The molecule has 0 aromatic heterocycles. The number of ether oxygens (including phenoxy) is 1. The highest BCUT2D eigenvalue weighted by atomic mass is 35.5. The van der Waals surface area contributed by atoms with Gasteiger partial charge in [0.25, 0.3) is 0 Å². The van der Waals surface area contributed by atoms with Crippen molar-refractivity contribution in [1.82, 2.24) is 4.90 Å². The molecule has 1 aromatic carbocycles. The summed E-state index contributed by atoms with van der Waals surface area (Å²) in [6.45, 7) is 5.69. The largest absolute Gasteiger partial charge is 0.494 e. The standard InChI is InChI=1S/C14H22N2O.ClH/c1-2-17-14-7-5-12(6-8-14)11-16-9-3-4-13(16)10-15;/h5-8,13H,2-4,9-11,15H2,1H3;1H. The molecule has 1 heterocycles. The molecule has 1 aromatic rings. The Bertz CT molecular complexity index is 342. The van der Waals surface area contributed by atoms with Crippen molar-refractivity contribution in [1.29, 1.82) is 0 Å². The van der Waals surface area contributed by atoms with Crippen LogP contribution in [0.2, 0.25) is 0 Å². The molecule has 2 rings (SSSR count). The van der Waals surface area contributed by atoms with E-state index in [1.807, 2.05) is 19.1 Å². The zero-order valence-electron chi connectivity index (χ0n) is 11.0. The molecule has 0 radical (unpaired) electrons. The van der Waals surface area contributed by atoms with Crippen LogP contribution in [0, 0.1) is 0 Å². The summed E-state index contributed by atoms with van der Waals surface area (Å²) >= 11 is 0. The van der Waals surface area contributed by atoms with Crippen molar-refractivity contribution < 1.29 is 4.74 Å². The van der Waals surface area contributed by atoms with Gasteiger partial charge in [-0.15, -0.1) is 12.4 Å². The lowest BCUT2D eigenvalue weighted by atomic mass is 10.2. The third-order valence-electron chi connectivity index (χ3n) is 3.39. The Morgan fingerprint density at radius 3 is 2.67 bits per heavy atom. The first-order chi connectivity index (χ1) is 8.33. The van der Waals surface area contributed by atoms with Gasteiger partial charge in [0, 0.05) is 19.1 Å². The molecule has 0 bridgehead atoms. The Hall–Kier alpha value is -0.770. The third kappa shape index (κ3) is 3.87. The van der Waals surface area contributed by atoms with Gasteiger partial charge < -0.3 is 10.5 Å². The summed E-state index contributed by atoms with van der Waals surface area (Å²) in [5.41, 5.74) is 7.12. The molecular formula is C14H23ClN2O. The van der Waals surface area contributed by atoms with Gasteiger partial charge in [0.05, 0.1) is 6.61 Å². The summed E-state index contributed by atoms with van der Waals surface area (Å²) in [5.74, 6) is 0.952. The molecule has 1 saturated heterocycles. The minimum Gasteiger partial charge on any atom is -0.494 e. The van der Waals surface area contributed by atoms with Crippen LogP contribution >= 0.6 is 12.4 Å². The predicted octanol–water partition coefficient (Wildman–Crippen LogP) is 2.43. The first kappa shape index (κ1) is 15.3. The van der Waals surface area contributed by atoms with E-state index in [1.165, 1.54) is 24.9 Å². The smallest absolute Gasteiger partial charge is 0.119 e. The van der Waals surface area contributed by atoms with Gasteiger partial charge in [-0.1, -0.05) is 12.1 Å². The van der Waals surface area contributed by atoms with Crippen LogP contribution in [0.1, 0.15) is 25.3 Å². The second kappa shape index (κ2) is 7.62. The van der Waals surface area contributed by atoms with Crippen LogP contribution in [0.4, 0.5) is 0 Å². The lowest BCUT2D eigenvalue weighted by Crippen LogP contribution is -2.34. The Balaban J connectivity index is 0.00000162. The van der Waals surface area contributed by atoms with Gasteiger partial charge >= 0.3 is 0 Å². The summed E-state index contributed by atoms with van der Waals surface area (Å²) in [6, 6.07) is 8.97. The Kier molecular flexibility index (Phi) is 6.47. The predicted molar refractivity (Wildman–Crippen MR) is 77.3 cm³/mol. The van der Waals surface area contributed by atoms with Crippen molar-refractivity contribution >= 4 is 12.4 Å². The van der Waals surface area contributed by atoms with Crippen LogP contribution in [0.25, 0.3) is 0 Å². The molecule has 1 aliphatic rings. The molecule has 0 spiro atoms. The normalized spacial score (nSPS) is 19.6. The Labute approximate surface area is 116 Å². The number of hydrogen-bond donors (Lipinski definition) is 1. The average molecular weight is 271 g/mol. The fourth-order valence-corrected chi connectivity index (χ4v) is 2.46. The second-order valence-corrected chi connectivity index (χ2v) is 4.58. The summed E-state index contributed by atoms with van der Waals surface area (Å²) < 4.78 is 5.44. The number of nitrogens with zero attached hydrogens (tertiary/aromatic N) is 1. The molecular weight excluding hydrogens is 248 g/mol. The van der Waals surface area contributed by atoms with Gasteiger partial charge in [-0.2, -0.15) is 0 Å². The quantitative estimate of drug-likeness (QED) is 0.893. The average Bonchev–Trinajstić information content (AvgIpc) is 2.79. The molecule has 3 nitrogen and oxygen atoms in total. The Morgan fingerprint density at radius 1 is 1.33 bits per heavy atom. The fraction of sp³-hybridized carbons (Fsp3) is 0.571. The number of halogens is 1. The van der Waals surface area contributed by atoms with E-state index in [0.29, 0.717) is 6.04 Å². The minimum absolute atomic E-state index is 0. The topological polar surface area (TPSA) is 38.5 Å². The molecule has 0 aliphatic carbocycles. The number of likely N-dealkylation sites (tertiary alicyclic amines) is 1. The zero-order valence-corrected chi connectivity index (χ0v) is 11.8. The van der Waals surface area contributed by atoms with E-state index in [-0.39, 0.29) is 12.4 Å². The van der Waals surface area contributed by atoms with Crippen molar-refractivity contribution in [3.8, 4) is 5.75 Å². The molecule has 2 N–H and O–H groups in total. The number of nitrogens with two attached hydrogens (primary N) is 1. The zero-order chi connectivity index (χ0) is 12.1. The summed E-state index contributed by atoms with van der Waals surface area (Å²) in [4.78, 5) is 2.48. The van der Waals surface area contributed by atoms with Crippen LogP contribution in [0.15, 0.2) is 24.3 Å². The summed E-state index contributed by atoms with van der Waals surface area (Å²) in [5, 5.41) is 0. The van der Waals surface area contributed by atoms with E-state index in [2.05, 4.69) is 17.0 Å². The van der Waals surface area contributed by atoms with Crippen molar-refractivity contribution in [2.24, 2.45) is 5.73 Å². The van der Waals surface area contributed by atoms with Gasteiger partial charge in [0.15, 0.2) is 0 Å². The van der Waals surface area contributed by atoms with Gasteiger partial charge in [-0.05, 0) is 44.0 Å². The monoisotopic (exact) mass is 270 g/mol. The summed E-state index contributed by atoms with van der Waals surface area (Å²) in [7, 11) is 0. The first-order valence-corrected chi connectivity index (χ1v) is 6.49. The molecule has 1 atom stereocenters. The van der Waals surface area contributed by atoms with Gasteiger partial charge in [-0.3, -0.25) is 4.90 Å². The van der Waals surface area contributed by atoms with Gasteiger partial charge in [0.2, 0.25) is 0 Å². The maximum Gasteiger partial charge on any atom is 0.119 e. The first-order valence-electron chi connectivity index (χ1n) is 6.49. The summed E-state index contributed by atoms with van der Waals surface area (Å²) in [6.07, 6.45) is 2.52. The SMILES string of the molecule is CCOc1ccc(CN2CCCC2CN)cc1.Cl. The van der Waals surface area contributed by atoms with Gasteiger partial charge in [-0.25, -0.2) is 0 Å². The van der Waals surface area contributed by atoms with Crippen molar-refractivity contribution in [3.63, 3.8) is 0 Å². The Morgan fingerprint density at radius 2 is 2.06 bits per heavy atom. The van der Waals surface area contributed by atoms with E-state index in [1.54, 1.807) is 0 Å². The second-order valence-electron chi connectivity index (χ2n) is 4.58. The van der Waals surface area contributed by atoms with E-state index in [9.17, 15) is 0 Å². The molecule has 18 heavy (non-hydrogen) atoms. The van der Waals surface area contributed by atoms with E-state index >= 15 is 0 Å². The van der Waals surface area contributed by atoms with Crippen LogP contribution in [0.5, 0.6) is 5.75 Å². The van der Waals surface area contributed by atoms with Crippen molar-refractivity contribution in [3.05, 3.63) is 29.8 Å². The molecule has 4 heteroatoms.